The van der Waals surface area contributed by atoms with Gasteiger partial charge in [-0.25, -0.2) is 19.4 Å². The Hall–Kier alpha value is -2.75. The predicted octanol–water partition coefficient (Wildman–Crippen LogP) is 3.89. The first-order valence-corrected chi connectivity index (χ1v) is 8.41. The monoisotopic (exact) mass is 382 g/mol. The van der Waals surface area contributed by atoms with E-state index < -0.39 is 17.8 Å². The number of aromatic nitrogens is 4. The quantitative estimate of drug-likeness (QED) is 0.640. The Bertz CT molecular complexity index is 936. The van der Waals surface area contributed by atoms with Crippen molar-refractivity contribution in [2.75, 3.05) is 6.61 Å². The third kappa shape index (κ3) is 3.45. The molecule has 3 rings (SSSR count). The maximum Gasteiger partial charge on any atom is 0.433 e. The SMILES string of the molecule is CCOC(=O)c1cnn(-c2nc(-c3cccs3)cc(C(F)(F)F)n2)c1C. The number of ether oxygens (including phenoxy) is 1. The molecule has 0 unspecified atom stereocenters. The molecule has 0 atom stereocenters. The van der Waals surface area contributed by atoms with E-state index in [1.807, 2.05) is 0 Å². The molecule has 10 heteroatoms. The van der Waals surface area contributed by atoms with Crippen molar-refractivity contribution < 1.29 is 22.7 Å². The van der Waals surface area contributed by atoms with Crippen LogP contribution in [0, 0.1) is 6.92 Å². The molecule has 0 saturated heterocycles. The molecule has 0 radical (unpaired) electrons. The van der Waals surface area contributed by atoms with Crippen LogP contribution < -0.4 is 0 Å². The van der Waals surface area contributed by atoms with Crippen molar-refractivity contribution in [2.45, 2.75) is 20.0 Å². The molecule has 136 valence electrons. The lowest BCUT2D eigenvalue weighted by Crippen LogP contribution is -2.14. The fraction of sp³-hybridized carbons (Fsp3) is 0.250. The molecule has 0 N–H and O–H groups in total. The molecule has 0 aliphatic rings. The van der Waals surface area contributed by atoms with Gasteiger partial charge in [-0.05, 0) is 31.4 Å². The first kappa shape index (κ1) is 18.1. The van der Waals surface area contributed by atoms with E-state index in [1.54, 1.807) is 24.4 Å². The molecule has 3 heterocycles. The Labute approximate surface area is 150 Å². The molecule has 6 nitrogen and oxygen atoms in total. The highest BCUT2D eigenvalue weighted by Crippen LogP contribution is 2.32. The first-order valence-electron chi connectivity index (χ1n) is 7.53. The van der Waals surface area contributed by atoms with Crippen LogP contribution in [-0.2, 0) is 10.9 Å². The summed E-state index contributed by atoms with van der Waals surface area (Å²) in [6.07, 6.45) is -3.42. The van der Waals surface area contributed by atoms with E-state index >= 15 is 0 Å². The number of hydrogen-bond acceptors (Lipinski definition) is 6. The van der Waals surface area contributed by atoms with Gasteiger partial charge < -0.3 is 4.74 Å². The molecule has 0 fully saturated rings. The van der Waals surface area contributed by atoms with E-state index in [2.05, 4.69) is 15.1 Å². The number of alkyl halides is 3. The second-order valence-electron chi connectivity index (χ2n) is 5.19. The summed E-state index contributed by atoms with van der Waals surface area (Å²) < 4.78 is 45.7. The summed E-state index contributed by atoms with van der Waals surface area (Å²) in [6, 6.07) is 4.27. The molecule has 0 saturated carbocycles. The van der Waals surface area contributed by atoms with Gasteiger partial charge in [-0.1, -0.05) is 6.07 Å². The second kappa shape index (κ2) is 6.87. The molecule has 0 aromatic carbocycles. The Morgan fingerprint density at radius 3 is 2.73 bits per heavy atom. The highest BCUT2D eigenvalue weighted by Gasteiger charge is 2.34. The Morgan fingerprint density at radius 2 is 2.12 bits per heavy atom. The average molecular weight is 382 g/mol. The van der Waals surface area contributed by atoms with Crippen molar-refractivity contribution in [3.63, 3.8) is 0 Å². The average Bonchev–Trinajstić information content (AvgIpc) is 3.23. The van der Waals surface area contributed by atoms with Gasteiger partial charge in [0.1, 0.15) is 5.56 Å². The normalized spacial score (nSPS) is 11.6. The van der Waals surface area contributed by atoms with Gasteiger partial charge >= 0.3 is 12.1 Å². The van der Waals surface area contributed by atoms with Crippen LogP contribution in [0.15, 0.2) is 29.8 Å². The highest BCUT2D eigenvalue weighted by molar-refractivity contribution is 7.13. The van der Waals surface area contributed by atoms with Crippen LogP contribution in [-0.4, -0.2) is 32.3 Å². The Kier molecular flexibility index (Phi) is 4.77. The molecule has 3 aromatic rings. The topological polar surface area (TPSA) is 69.9 Å². The molecular formula is C16H13F3N4O2S. The number of rotatable bonds is 4. The van der Waals surface area contributed by atoms with Crippen LogP contribution in [0.4, 0.5) is 13.2 Å². The highest BCUT2D eigenvalue weighted by atomic mass is 32.1. The molecule has 0 amide bonds. The van der Waals surface area contributed by atoms with Gasteiger partial charge in [-0.15, -0.1) is 11.3 Å². The molecule has 26 heavy (non-hydrogen) atoms. The third-order valence-corrected chi connectivity index (χ3v) is 4.37. The standard InChI is InChI=1S/C16H13F3N4O2S/c1-3-25-14(24)10-8-20-23(9(10)2)15-21-11(12-5-4-6-26-12)7-13(22-15)16(17,18)19/h4-8H,3H2,1-2H3. The lowest BCUT2D eigenvalue weighted by Gasteiger charge is -2.11. The van der Waals surface area contributed by atoms with Crippen LogP contribution in [0.2, 0.25) is 0 Å². The first-order chi connectivity index (χ1) is 12.3. The second-order valence-corrected chi connectivity index (χ2v) is 6.14. The fourth-order valence-corrected chi connectivity index (χ4v) is 2.93. The minimum Gasteiger partial charge on any atom is -0.462 e. The van der Waals surface area contributed by atoms with E-state index in [1.165, 1.54) is 24.5 Å². The van der Waals surface area contributed by atoms with E-state index in [0.29, 0.717) is 10.6 Å². The summed E-state index contributed by atoms with van der Waals surface area (Å²) in [7, 11) is 0. The zero-order chi connectivity index (χ0) is 18.9. The largest absolute Gasteiger partial charge is 0.462 e. The zero-order valence-corrected chi connectivity index (χ0v) is 14.6. The number of nitrogens with zero attached hydrogens (tertiary/aromatic N) is 4. The van der Waals surface area contributed by atoms with E-state index in [0.717, 1.165) is 10.7 Å². The number of hydrogen-bond donors (Lipinski definition) is 0. The number of esters is 1. The summed E-state index contributed by atoms with van der Waals surface area (Å²) in [5, 5.41) is 5.70. The summed E-state index contributed by atoms with van der Waals surface area (Å²) in [5.41, 5.74) is -0.520. The van der Waals surface area contributed by atoms with Crippen LogP contribution in [0.5, 0.6) is 0 Å². The Morgan fingerprint density at radius 1 is 1.35 bits per heavy atom. The third-order valence-electron chi connectivity index (χ3n) is 3.47. The molecule has 0 aliphatic carbocycles. The smallest absolute Gasteiger partial charge is 0.433 e. The minimum absolute atomic E-state index is 0.130. The van der Waals surface area contributed by atoms with Gasteiger partial charge in [0, 0.05) is 0 Å². The minimum atomic E-state index is -4.64. The van der Waals surface area contributed by atoms with Crippen molar-refractivity contribution in [3.05, 3.63) is 46.7 Å². The van der Waals surface area contributed by atoms with Gasteiger partial charge in [0.15, 0.2) is 5.69 Å². The lowest BCUT2D eigenvalue weighted by atomic mass is 10.2. The summed E-state index contributed by atoms with van der Waals surface area (Å²) >= 11 is 1.26. The summed E-state index contributed by atoms with van der Waals surface area (Å²) in [5.74, 6) is -0.877. The molecular weight excluding hydrogens is 369 g/mol. The van der Waals surface area contributed by atoms with Crippen LogP contribution in [0.25, 0.3) is 16.5 Å². The van der Waals surface area contributed by atoms with E-state index in [-0.39, 0.29) is 23.8 Å². The van der Waals surface area contributed by atoms with Crippen LogP contribution in [0.1, 0.15) is 28.7 Å². The Balaban J connectivity index is 2.13. The van der Waals surface area contributed by atoms with Gasteiger partial charge in [-0.3, -0.25) is 0 Å². The molecule has 0 spiro atoms. The van der Waals surface area contributed by atoms with Crippen molar-refractivity contribution >= 4 is 17.3 Å². The molecule has 0 bridgehead atoms. The fourth-order valence-electron chi connectivity index (χ4n) is 2.25. The number of halogens is 3. The van der Waals surface area contributed by atoms with Gasteiger partial charge in [0.25, 0.3) is 5.95 Å². The number of carbonyl (C=O) groups excluding carboxylic acids is 1. The maximum absolute atomic E-state index is 13.2. The molecule has 3 aromatic heterocycles. The van der Waals surface area contributed by atoms with E-state index in [4.69, 9.17) is 4.74 Å². The summed E-state index contributed by atoms with van der Waals surface area (Å²) in [6.45, 7) is 3.36. The van der Waals surface area contributed by atoms with Crippen molar-refractivity contribution in [3.8, 4) is 16.5 Å². The van der Waals surface area contributed by atoms with Crippen LogP contribution in [0.3, 0.4) is 0 Å². The summed E-state index contributed by atoms with van der Waals surface area (Å²) in [4.78, 5) is 20.2. The van der Waals surface area contributed by atoms with Crippen molar-refractivity contribution in [1.82, 2.24) is 19.7 Å². The van der Waals surface area contributed by atoms with Crippen LogP contribution >= 0.6 is 11.3 Å². The molecule has 0 aliphatic heterocycles. The van der Waals surface area contributed by atoms with Crippen molar-refractivity contribution in [2.24, 2.45) is 0 Å². The van der Waals surface area contributed by atoms with E-state index in [9.17, 15) is 18.0 Å². The van der Waals surface area contributed by atoms with Crippen molar-refractivity contribution in [1.29, 1.82) is 0 Å². The van der Waals surface area contributed by atoms with Gasteiger partial charge in [0.2, 0.25) is 0 Å². The lowest BCUT2D eigenvalue weighted by molar-refractivity contribution is -0.141. The number of thiophene rings is 1. The number of carbonyl (C=O) groups is 1. The zero-order valence-electron chi connectivity index (χ0n) is 13.7. The van der Waals surface area contributed by atoms with Gasteiger partial charge in [0.05, 0.1) is 29.1 Å². The van der Waals surface area contributed by atoms with Gasteiger partial charge in [-0.2, -0.15) is 18.3 Å². The predicted molar refractivity (Wildman–Crippen MR) is 88.2 cm³/mol. The maximum atomic E-state index is 13.2.